The van der Waals surface area contributed by atoms with E-state index in [0.29, 0.717) is 0 Å². The summed E-state index contributed by atoms with van der Waals surface area (Å²) in [5.74, 6) is 0. The molecule has 0 amide bonds. The molecule has 0 aliphatic rings. The molecule has 0 spiro atoms. The maximum Gasteiger partial charge on any atom is 0.0467 e. The monoisotopic (exact) mass is 623 g/mol. The van der Waals surface area contributed by atoms with Gasteiger partial charge in [-0.05, 0) is 108 Å². The Bertz CT molecular complexity index is 2580. The topological polar surface area (TPSA) is 3.24 Å². The van der Waals surface area contributed by atoms with Crippen LogP contribution in [0.25, 0.3) is 65.7 Å². The van der Waals surface area contributed by atoms with Crippen LogP contribution in [-0.4, -0.2) is 0 Å². The van der Waals surface area contributed by atoms with Crippen LogP contribution in [-0.2, 0) is 0 Å². The second-order valence-corrected chi connectivity index (χ2v) is 12.6. The van der Waals surface area contributed by atoms with Crippen molar-refractivity contribution in [1.29, 1.82) is 0 Å². The zero-order valence-corrected chi connectivity index (χ0v) is 27.0. The molecule has 0 radical (unpaired) electrons. The Kier molecular flexibility index (Phi) is 7.22. The van der Waals surface area contributed by atoms with Gasteiger partial charge in [-0.15, -0.1) is 0 Å². The third-order valence-electron chi connectivity index (χ3n) is 9.64. The van der Waals surface area contributed by atoms with Crippen molar-refractivity contribution < 1.29 is 0 Å². The molecule has 230 valence electrons. The molecule has 0 aliphatic heterocycles. The number of fused-ring (bicyclic) bond motifs is 4. The molecule has 9 aromatic rings. The Balaban J connectivity index is 1.17. The molecule has 0 saturated carbocycles. The summed E-state index contributed by atoms with van der Waals surface area (Å²) < 4.78 is 0. The molecule has 9 rings (SSSR count). The second-order valence-electron chi connectivity index (χ2n) is 12.6. The molecule has 9 aromatic carbocycles. The van der Waals surface area contributed by atoms with Gasteiger partial charge in [0.2, 0.25) is 0 Å². The second kappa shape index (κ2) is 12.3. The van der Waals surface area contributed by atoms with Crippen molar-refractivity contribution in [2.75, 3.05) is 4.90 Å². The highest BCUT2D eigenvalue weighted by Gasteiger charge is 2.16. The third kappa shape index (κ3) is 5.32. The fraction of sp³-hybridized carbons (Fsp3) is 0. The van der Waals surface area contributed by atoms with Gasteiger partial charge in [0.15, 0.2) is 0 Å². The van der Waals surface area contributed by atoms with E-state index in [-0.39, 0.29) is 0 Å². The lowest BCUT2D eigenvalue weighted by Gasteiger charge is -2.26. The number of hydrogen-bond acceptors (Lipinski definition) is 1. The highest BCUT2D eigenvalue weighted by molar-refractivity contribution is 6.13. The zero-order chi connectivity index (χ0) is 32.6. The summed E-state index contributed by atoms with van der Waals surface area (Å²) in [7, 11) is 0. The van der Waals surface area contributed by atoms with E-state index in [1.54, 1.807) is 0 Å². The van der Waals surface area contributed by atoms with Crippen molar-refractivity contribution in [3.8, 4) is 33.4 Å². The van der Waals surface area contributed by atoms with E-state index in [0.717, 1.165) is 17.1 Å². The average Bonchev–Trinajstić information content (AvgIpc) is 3.18. The summed E-state index contributed by atoms with van der Waals surface area (Å²) in [6.45, 7) is 0. The molecule has 0 N–H and O–H groups in total. The van der Waals surface area contributed by atoms with Gasteiger partial charge in [-0.25, -0.2) is 0 Å². The van der Waals surface area contributed by atoms with E-state index in [1.165, 1.54) is 65.7 Å². The van der Waals surface area contributed by atoms with E-state index in [1.807, 2.05) is 0 Å². The SMILES string of the molecule is c1ccc(-c2ccc(N(c3ccc(-c4cc5ccccc5c5ccccc45)cc3)c3cccc(-c4cccc5ccccc45)c3)cc2)cc1. The van der Waals surface area contributed by atoms with Gasteiger partial charge in [0.1, 0.15) is 0 Å². The lowest BCUT2D eigenvalue weighted by atomic mass is 9.93. The summed E-state index contributed by atoms with van der Waals surface area (Å²) >= 11 is 0. The summed E-state index contributed by atoms with van der Waals surface area (Å²) in [6.07, 6.45) is 0. The van der Waals surface area contributed by atoms with Gasteiger partial charge in [-0.1, -0.05) is 158 Å². The summed E-state index contributed by atoms with van der Waals surface area (Å²) in [4.78, 5) is 2.37. The van der Waals surface area contributed by atoms with Gasteiger partial charge in [0.05, 0.1) is 0 Å². The maximum absolute atomic E-state index is 2.37. The molecule has 0 bridgehead atoms. The molecule has 0 aromatic heterocycles. The van der Waals surface area contributed by atoms with E-state index in [9.17, 15) is 0 Å². The molecule has 0 heterocycles. The molecular formula is C48H33N. The quantitative estimate of drug-likeness (QED) is 0.167. The fourth-order valence-electron chi connectivity index (χ4n) is 7.25. The molecule has 0 atom stereocenters. The Hall–Kier alpha value is -6.44. The van der Waals surface area contributed by atoms with Crippen molar-refractivity contribution in [2.24, 2.45) is 0 Å². The molecule has 0 aliphatic carbocycles. The number of rotatable bonds is 6. The van der Waals surface area contributed by atoms with E-state index in [2.05, 4.69) is 205 Å². The van der Waals surface area contributed by atoms with Crippen molar-refractivity contribution in [1.82, 2.24) is 0 Å². The molecule has 1 heteroatoms. The lowest BCUT2D eigenvalue weighted by molar-refractivity contribution is 1.28. The van der Waals surface area contributed by atoms with Gasteiger partial charge < -0.3 is 4.90 Å². The minimum absolute atomic E-state index is 1.11. The standard InChI is InChI=1S/C48H33N/c1-2-12-34(13-3-1)35-24-28-40(29-25-35)49(42-18-10-17-38(32-42)44-23-11-16-36-14-4-6-19-43(36)44)41-30-26-37(27-31-41)48-33-39-15-5-7-20-45(39)46-21-8-9-22-47(46)48/h1-33H. The summed E-state index contributed by atoms with van der Waals surface area (Å²) in [6, 6.07) is 72.4. The first kappa shape index (κ1) is 28.8. The van der Waals surface area contributed by atoms with Crippen LogP contribution in [0.15, 0.2) is 200 Å². The van der Waals surface area contributed by atoms with Crippen LogP contribution >= 0.6 is 0 Å². The highest BCUT2D eigenvalue weighted by Crippen LogP contribution is 2.41. The first-order valence-corrected chi connectivity index (χ1v) is 16.8. The zero-order valence-electron chi connectivity index (χ0n) is 27.0. The minimum atomic E-state index is 1.11. The lowest BCUT2D eigenvalue weighted by Crippen LogP contribution is -2.10. The Labute approximate surface area is 287 Å². The number of benzene rings is 9. The van der Waals surface area contributed by atoms with E-state index >= 15 is 0 Å². The molecular weight excluding hydrogens is 591 g/mol. The maximum atomic E-state index is 2.37. The summed E-state index contributed by atoms with van der Waals surface area (Å²) in [5.41, 5.74) is 10.6. The van der Waals surface area contributed by atoms with Crippen molar-refractivity contribution in [2.45, 2.75) is 0 Å². The van der Waals surface area contributed by atoms with Crippen LogP contribution in [0.4, 0.5) is 17.1 Å². The first-order chi connectivity index (χ1) is 24.3. The highest BCUT2D eigenvalue weighted by atomic mass is 15.1. The molecule has 49 heavy (non-hydrogen) atoms. The Morgan fingerprint density at radius 1 is 0.245 bits per heavy atom. The van der Waals surface area contributed by atoms with Gasteiger partial charge >= 0.3 is 0 Å². The van der Waals surface area contributed by atoms with Crippen molar-refractivity contribution in [3.05, 3.63) is 200 Å². The van der Waals surface area contributed by atoms with Gasteiger partial charge in [0.25, 0.3) is 0 Å². The van der Waals surface area contributed by atoms with Crippen LogP contribution in [0.1, 0.15) is 0 Å². The van der Waals surface area contributed by atoms with E-state index < -0.39 is 0 Å². The summed E-state index contributed by atoms with van der Waals surface area (Å²) in [5, 5.41) is 7.60. The Morgan fingerprint density at radius 3 is 1.53 bits per heavy atom. The van der Waals surface area contributed by atoms with E-state index in [4.69, 9.17) is 0 Å². The normalized spacial score (nSPS) is 11.3. The van der Waals surface area contributed by atoms with Crippen LogP contribution in [0.3, 0.4) is 0 Å². The Morgan fingerprint density at radius 2 is 0.776 bits per heavy atom. The first-order valence-electron chi connectivity index (χ1n) is 16.8. The molecule has 0 unspecified atom stereocenters. The van der Waals surface area contributed by atoms with Gasteiger partial charge in [-0.2, -0.15) is 0 Å². The number of hydrogen-bond donors (Lipinski definition) is 0. The van der Waals surface area contributed by atoms with Gasteiger partial charge in [-0.3, -0.25) is 0 Å². The predicted molar refractivity (Wildman–Crippen MR) is 210 cm³/mol. The van der Waals surface area contributed by atoms with Crippen LogP contribution in [0.5, 0.6) is 0 Å². The smallest absolute Gasteiger partial charge is 0.0467 e. The molecule has 0 fully saturated rings. The average molecular weight is 624 g/mol. The molecule has 1 nitrogen and oxygen atoms in total. The predicted octanol–water partition coefficient (Wildman–Crippen LogP) is 13.6. The van der Waals surface area contributed by atoms with Gasteiger partial charge in [0, 0.05) is 17.1 Å². The van der Waals surface area contributed by atoms with Crippen LogP contribution in [0, 0.1) is 0 Å². The van der Waals surface area contributed by atoms with Crippen molar-refractivity contribution in [3.63, 3.8) is 0 Å². The van der Waals surface area contributed by atoms with Crippen LogP contribution < -0.4 is 4.90 Å². The number of anilines is 3. The third-order valence-corrected chi connectivity index (χ3v) is 9.64. The van der Waals surface area contributed by atoms with Crippen molar-refractivity contribution >= 4 is 49.4 Å². The number of nitrogens with zero attached hydrogens (tertiary/aromatic N) is 1. The molecule has 0 saturated heterocycles. The minimum Gasteiger partial charge on any atom is -0.310 e. The van der Waals surface area contributed by atoms with Crippen LogP contribution in [0.2, 0.25) is 0 Å². The fourth-order valence-corrected chi connectivity index (χ4v) is 7.25. The largest absolute Gasteiger partial charge is 0.310 e.